The van der Waals surface area contributed by atoms with Gasteiger partial charge in [0.25, 0.3) is 0 Å². The van der Waals surface area contributed by atoms with Crippen molar-refractivity contribution in [1.29, 1.82) is 0 Å². The molecule has 0 aromatic heterocycles. The van der Waals surface area contributed by atoms with Crippen molar-refractivity contribution in [3.8, 4) is 0 Å². The number of carbonyl (C=O) groups is 1. The van der Waals surface area contributed by atoms with E-state index in [1.165, 1.54) is 38.5 Å². The molecular formula is C16H28N2O. The minimum atomic E-state index is 0.409. The molecule has 0 bridgehead atoms. The molecule has 3 rings (SSSR count). The van der Waals surface area contributed by atoms with Gasteiger partial charge in [0, 0.05) is 25.0 Å². The van der Waals surface area contributed by atoms with Crippen molar-refractivity contribution in [3.05, 3.63) is 0 Å². The summed E-state index contributed by atoms with van der Waals surface area (Å²) in [6.45, 7) is 5.27. The highest BCUT2D eigenvalue weighted by Crippen LogP contribution is 2.58. The molecule has 1 N–H and O–H groups in total. The van der Waals surface area contributed by atoms with Gasteiger partial charge in [0.1, 0.15) is 0 Å². The van der Waals surface area contributed by atoms with E-state index in [0.29, 0.717) is 17.9 Å². The third-order valence-electron chi connectivity index (χ3n) is 5.39. The fourth-order valence-corrected chi connectivity index (χ4v) is 4.22. The van der Waals surface area contributed by atoms with Crippen molar-refractivity contribution < 1.29 is 4.79 Å². The molecule has 108 valence electrons. The van der Waals surface area contributed by atoms with Crippen molar-refractivity contribution in [3.63, 3.8) is 0 Å². The standard InChI is InChI=1S/C16H28N2O/c1-2-3-10-18(11-12-6-5-9-17-12)16(19)15-13-7-4-8-14(13)15/h12-15,17H,2-11H2,1H3. The lowest BCUT2D eigenvalue weighted by molar-refractivity contribution is -0.133. The monoisotopic (exact) mass is 264 g/mol. The van der Waals surface area contributed by atoms with Gasteiger partial charge in [-0.3, -0.25) is 4.79 Å². The second-order valence-corrected chi connectivity index (χ2v) is 6.72. The first kappa shape index (κ1) is 13.4. The highest BCUT2D eigenvalue weighted by atomic mass is 16.2. The van der Waals surface area contributed by atoms with Gasteiger partial charge in [0.05, 0.1) is 0 Å². The zero-order valence-electron chi connectivity index (χ0n) is 12.2. The second-order valence-electron chi connectivity index (χ2n) is 6.72. The number of hydrogen-bond donors (Lipinski definition) is 1. The molecule has 1 aliphatic heterocycles. The number of unbranched alkanes of at least 4 members (excludes halogenated alkanes) is 1. The quantitative estimate of drug-likeness (QED) is 0.799. The van der Waals surface area contributed by atoms with Crippen molar-refractivity contribution >= 4 is 5.91 Å². The number of rotatable bonds is 6. The van der Waals surface area contributed by atoms with E-state index in [9.17, 15) is 4.79 Å². The van der Waals surface area contributed by atoms with E-state index in [0.717, 1.165) is 37.9 Å². The molecule has 0 radical (unpaired) electrons. The summed E-state index contributed by atoms with van der Waals surface area (Å²) in [6, 6.07) is 0.555. The van der Waals surface area contributed by atoms with Crippen LogP contribution < -0.4 is 5.32 Å². The predicted molar refractivity (Wildman–Crippen MR) is 76.8 cm³/mol. The summed E-state index contributed by atoms with van der Waals surface area (Å²) in [5, 5.41) is 3.53. The minimum Gasteiger partial charge on any atom is -0.341 e. The van der Waals surface area contributed by atoms with Gasteiger partial charge < -0.3 is 10.2 Å². The molecule has 0 spiro atoms. The number of amides is 1. The van der Waals surface area contributed by atoms with E-state index in [1.807, 2.05) is 0 Å². The number of carbonyl (C=O) groups excluding carboxylic acids is 1. The van der Waals surface area contributed by atoms with Gasteiger partial charge in [-0.2, -0.15) is 0 Å². The summed E-state index contributed by atoms with van der Waals surface area (Å²) in [4.78, 5) is 14.9. The lowest BCUT2D eigenvalue weighted by atomic mass is 10.1. The maximum Gasteiger partial charge on any atom is 0.226 e. The maximum absolute atomic E-state index is 12.7. The molecule has 1 amide bonds. The van der Waals surface area contributed by atoms with Crippen LogP contribution >= 0.6 is 0 Å². The smallest absolute Gasteiger partial charge is 0.226 e. The average Bonchev–Trinajstić information content (AvgIpc) is 2.85. The highest BCUT2D eigenvalue weighted by Gasteiger charge is 2.57. The Bertz CT molecular complexity index is 315. The van der Waals surface area contributed by atoms with Crippen LogP contribution in [0.5, 0.6) is 0 Å². The van der Waals surface area contributed by atoms with Gasteiger partial charge in [-0.15, -0.1) is 0 Å². The van der Waals surface area contributed by atoms with Crippen LogP contribution in [0.4, 0.5) is 0 Å². The van der Waals surface area contributed by atoms with E-state index in [2.05, 4.69) is 17.1 Å². The fraction of sp³-hybridized carbons (Fsp3) is 0.938. The van der Waals surface area contributed by atoms with Crippen molar-refractivity contribution in [2.24, 2.45) is 17.8 Å². The zero-order valence-corrected chi connectivity index (χ0v) is 12.2. The molecule has 3 heteroatoms. The zero-order chi connectivity index (χ0) is 13.2. The SMILES string of the molecule is CCCCN(CC1CCCN1)C(=O)C1C2CCCC21. The molecule has 19 heavy (non-hydrogen) atoms. The minimum absolute atomic E-state index is 0.409. The Hall–Kier alpha value is -0.570. The fourth-order valence-electron chi connectivity index (χ4n) is 4.22. The van der Waals surface area contributed by atoms with Gasteiger partial charge in [0.2, 0.25) is 5.91 Å². The summed E-state index contributed by atoms with van der Waals surface area (Å²) < 4.78 is 0. The topological polar surface area (TPSA) is 32.3 Å². The van der Waals surface area contributed by atoms with Crippen LogP contribution in [0.15, 0.2) is 0 Å². The van der Waals surface area contributed by atoms with Gasteiger partial charge in [-0.05, 0) is 50.5 Å². The molecule has 2 aliphatic carbocycles. The number of hydrogen-bond acceptors (Lipinski definition) is 2. The first-order valence-corrected chi connectivity index (χ1v) is 8.33. The van der Waals surface area contributed by atoms with Crippen LogP contribution in [-0.4, -0.2) is 36.5 Å². The Morgan fingerprint density at radius 2 is 2.00 bits per heavy atom. The van der Waals surface area contributed by atoms with E-state index in [4.69, 9.17) is 0 Å². The highest BCUT2D eigenvalue weighted by molar-refractivity contribution is 5.82. The van der Waals surface area contributed by atoms with E-state index in [-0.39, 0.29) is 0 Å². The van der Waals surface area contributed by atoms with Crippen LogP contribution in [0.1, 0.15) is 51.9 Å². The normalized spacial score (nSPS) is 36.3. The largest absolute Gasteiger partial charge is 0.341 e. The van der Waals surface area contributed by atoms with E-state index >= 15 is 0 Å². The lowest BCUT2D eigenvalue weighted by Gasteiger charge is -2.26. The number of nitrogens with zero attached hydrogens (tertiary/aromatic N) is 1. The summed E-state index contributed by atoms with van der Waals surface area (Å²) in [5.41, 5.74) is 0. The van der Waals surface area contributed by atoms with Crippen LogP contribution in [0.25, 0.3) is 0 Å². The molecule has 3 aliphatic rings. The molecule has 1 saturated heterocycles. The van der Waals surface area contributed by atoms with Crippen LogP contribution in [0.2, 0.25) is 0 Å². The molecule has 1 heterocycles. The molecule has 3 unspecified atom stereocenters. The molecule has 0 aromatic rings. The first-order chi connectivity index (χ1) is 9.31. The summed E-state index contributed by atoms with van der Waals surface area (Å²) >= 11 is 0. The van der Waals surface area contributed by atoms with Gasteiger partial charge in [0.15, 0.2) is 0 Å². The molecule has 2 saturated carbocycles. The molecular weight excluding hydrogens is 236 g/mol. The van der Waals surface area contributed by atoms with Gasteiger partial charge in [-0.1, -0.05) is 19.8 Å². The third-order valence-corrected chi connectivity index (χ3v) is 5.39. The Morgan fingerprint density at radius 1 is 1.21 bits per heavy atom. The Kier molecular flexibility index (Phi) is 4.11. The Balaban J connectivity index is 1.56. The maximum atomic E-state index is 12.7. The van der Waals surface area contributed by atoms with Gasteiger partial charge in [-0.25, -0.2) is 0 Å². The van der Waals surface area contributed by atoms with Crippen molar-refractivity contribution in [2.45, 2.75) is 57.9 Å². The predicted octanol–water partition coefficient (Wildman–Crippen LogP) is 2.41. The molecule has 0 aromatic carbocycles. The van der Waals surface area contributed by atoms with E-state index < -0.39 is 0 Å². The summed E-state index contributed by atoms with van der Waals surface area (Å²) in [5.74, 6) is 2.41. The molecule has 3 atom stereocenters. The van der Waals surface area contributed by atoms with Crippen LogP contribution in [-0.2, 0) is 4.79 Å². The average molecular weight is 264 g/mol. The molecule has 3 fully saturated rings. The second kappa shape index (κ2) is 5.82. The third kappa shape index (κ3) is 2.81. The van der Waals surface area contributed by atoms with Crippen molar-refractivity contribution in [1.82, 2.24) is 10.2 Å². The summed E-state index contributed by atoms with van der Waals surface area (Å²) in [6.07, 6.45) is 8.83. The number of nitrogens with one attached hydrogen (secondary N) is 1. The number of fused-ring (bicyclic) bond motifs is 1. The first-order valence-electron chi connectivity index (χ1n) is 8.33. The Morgan fingerprint density at radius 3 is 2.63 bits per heavy atom. The lowest BCUT2D eigenvalue weighted by Crippen LogP contribution is -2.42. The van der Waals surface area contributed by atoms with Gasteiger partial charge >= 0.3 is 0 Å². The molecule has 3 nitrogen and oxygen atoms in total. The van der Waals surface area contributed by atoms with Crippen LogP contribution in [0, 0.1) is 17.8 Å². The summed E-state index contributed by atoms with van der Waals surface area (Å²) in [7, 11) is 0. The van der Waals surface area contributed by atoms with Crippen molar-refractivity contribution in [2.75, 3.05) is 19.6 Å². The Labute approximate surface area is 117 Å². The van der Waals surface area contributed by atoms with Crippen LogP contribution in [0.3, 0.4) is 0 Å². The van der Waals surface area contributed by atoms with E-state index in [1.54, 1.807) is 0 Å².